The monoisotopic (exact) mass is 417 g/mol. The van der Waals surface area contributed by atoms with E-state index < -0.39 is 0 Å². The second-order valence-electron chi connectivity index (χ2n) is 9.35. The lowest BCUT2D eigenvalue weighted by atomic mass is 9.77. The molecule has 6 rings (SSSR count). The van der Waals surface area contributed by atoms with Crippen LogP contribution in [0, 0.1) is 0 Å². The summed E-state index contributed by atoms with van der Waals surface area (Å²) in [7, 11) is 0. The second-order valence-corrected chi connectivity index (χ2v) is 9.35. The van der Waals surface area contributed by atoms with E-state index in [9.17, 15) is 0 Å². The first kappa shape index (κ1) is 19.3. The highest BCUT2D eigenvalue weighted by molar-refractivity contribution is 5.88. The maximum absolute atomic E-state index is 6.51. The zero-order valence-electron chi connectivity index (χ0n) is 18.6. The molecule has 2 aliphatic heterocycles. The molecule has 0 aromatic heterocycles. The summed E-state index contributed by atoms with van der Waals surface area (Å²) >= 11 is 0. The molecule has 0 radical (unpaired) electrons. The molecule has 1 saturated heterocycles. The van der Waals surface area contributed by atoms with Gasteiger partial charge >= 0.3 is 0 Å². The fourth-order valence-corrected chi connectivity index (χ4v) is 5.56. The number of hydrogen-bond donors (Lipinski definition) is 0. The Morgan fingerprint density at radius 3 is 1.84 bits per heavy atom. The van der Waals surface area contributed by atoms with Gasteiger partial charge in [0.2, 0.25) is 0 Å². The van der Waals surface area contributed by atoms with Crippen molar-refractivity contribution in [3.63, 3.8) is 0 Å². The Bertz CT molecular complexity index is 1240. The molecule has 0 spiro atoms. The Kier molecular flexibility index (Phi) is 4.28. The van der Waals surface area contributed by atoms with Gasteiger partial charge in [0.1, 0.15) is 0 Å². The zero-order chi connectivity index (χ0) is 21.8. The third-order valence-electron chi connectivity index (χ3n) is 7.17. The van der Waals surface area contributed by atoms with E-state index in [1.165, 1.54) is 27.9 Å². The van der Waals surface area contributed by atoms with Crippen LogP contribution in [0.25, 0.3) is 11.1 Å². The molecular formula is C30H27NO. The van der Waals surface area contributed by atoms with E-state index in [2.05, 4.69) is 122 Å². The van der Waals surface area contributed by atoms with Gasteiger partial charge in [-0.25, -0.2) is 0 Å². The smallest absolute Gasteiger partial charge is 0.0920 e. The maximum atomic E-state index is 6.51. The molecule has 2 bridgehead atoms. The summed E-state index contributed by atoms with van der Waals surface area (Å²) in [5.41, 5.74) is 8.32. The molecule has 0 amide bonds. The van der Waals surface area contributed by atoms with E-state index in [4.69, 9.17) is 4.74 Å². The van der Waals surface area contributed by atoms with Crippen LogP contribution in [0.15, 0.2) is 103 Å². The van der Waals surface area contributed by atoms with Gasteiger partial charge in [-0.3, -0.25) is 0 Å². The van der Waals surface area contributed by atoms with Crippen molar-refractivity contribution in [3.8, 4) is 11.1 Å². The van der Waals surface area contributed by atoms with Crippen molar-refractivity contribution in [2.75, 3.05) is 4.90 Å². The number of rotatable bonds is 4. The topological polar surface area (TPSA) is 12.5 Å². The Morgan fingerprint density at radius 1 is 0.625 bits per heavy atom. The summed E-state index contributed by atoms with van der Waals surface area (Å²) < 4.78 is 6.51. The first-order chi connectivity index (χ1) is 15.6. The molecule has 4 aromatic rings. The highest BCUT2D eigenvalue weighted by Crippen LogP contribution is 2.58. The van der Waals surface area contributed by atoms with Crippen LogP contribution in [0.1, 0.15) is 37.8 Å². The van der Waals surface area contributed by atoms with Crippen LogP contribution in [-0.4, -0.2) is 0 Å². The molecule has 0 saturated carbocycles. The SMILES string of the molecule is CC12CCC(C)(O1)c1cc(-c3ccccc3N(c3ccccc3)c3ccccc3)ccc12. The number of benzene rings is 4. The minimum Gasteiger partial charge on any atom is -0.360 e. The summed E-state index contributed by atoms with van der Waals surface area (Å²) in [6.45, 7) is 4.49. The lowest BCUT2D eigenvalue weighted by molar-refractivity contribution is -0.0662. The Hall–Kier alpha value is -3.36. The average molecular weight is 418 g/mol. The van der Waals surface area contributed by atoms with Gasteiger partial charge in [0, 0.05) is 16.9 Å². The molecule has 32 heavy (non-hydrogen) atoms. The molecule has 2 unspecified atom stereocenters. The summed E-state index contributed by atoms with van der Waals surface area (Å²) in [5, 5.41) is 0. The summed E-state index contributed by atoms with van der Waals surface area (Å²) in [6, 6.07) is 36.8. The van der Waals surface area contributed by atoms with Gasteiger partial charge in [-0.1, -0.05) is 66.7 Å². The van der Waals surface area contributed by atoms with Crippen molar-refractivity contribution < 1.29 is 4.74 Å². The van der Waals surface area contributed by atoms with Crippen LogP contribution >= 0.6 is 0 Å². The Morgan fingerprint density at radius 2 is 1.19 bits per heavy atom. The zero-order valence-corrected chi connectivity index (χ0v) is 18.6. The van der Waals surface area contributed by atoms with E-state index >= 15 is 0 Å². The number of ether oxygens (including phenoxy) is 1. The van der Waals surface area contributed by atoms with Crippen molar-refractivity contribution in [2.45, 2.75) is 37.9 Å². The average Bonchev–Trinajstić information content (AvgIpc) is 3.28. The number of nitrogens with zero attached hydrogens (tertiary/aromatic N) is 1. The molecule has 2 heteroatoms. The van der Waals surface area contributed by atoms with Crippen LogP contribution in [0.3, 0.4) is 0 Å². The van der Waals surface area contributed by atoms with E-state index in [1.54, 1.807) is 0 Å². The lowest BCUT2D eigenvalue weighted by Gasteiger charge is -2.28. The molecule has 2 heterocycles. The van der Waals surface area contributed by atoms with Crippen LogP contribution in [0.2, 0.25) is 0 Å². The van der Waals surface area contributed by atoms with Crippen LogP contribution in [0.5, 0.6) is 0 Å². The van der Waals surface area contributed by atoms with E-state index in [1.807, 2.05) is 0 Å². The van der Waals surface area contributed by atoms with Gasteiger partial charge in [0.05, 0.1) is 16.9 Å². The minimum atomic E-state index is -0.173. The molecule has 4 aromatic carbocycles. The molecule has 0 aliphatic carbocycles. The largest absolute Gasteiger partial charge is 0.360 e. The van der Waals surface area contributed by atoms with Crippen molar-refractivity contribution >= 4 is 17.1 Å². The molecule has 0 N–H and O–H groups in total. The molecule has 2 nitrogen and oxygen atoms in total. The molecule has 158 valence electrons. The molecule has 1 fully saturated rings. The number of hydrogen-bond acceptors (Lipinski definition) is 2. The fourth-order valence-electron chi connectivity index (χ4n) is 5.56. The van der Waals surface area contributed by atoms with Gasteiger partial charge in [0.25, 0.3) is 0 Å². The van der Waals surface area contributed by atoms with Crippen LogP contribution in [-0.2, 0) is 15.9 Å². The summed E-state index contributed by atoms with van der Waals surface area (Å²) in [4.78, 5) is 2.34. The van der Waals surface area contributed by atoms with Gasteiger partial charge in [-0.15, -0.1) is 0 Å². The second kappa shape index (κ2) is 7.08. The first-order valence-corrected chi connectivity index (χ1v) is 11.4. The summed E-state index contributed by atoms with van der Waals surface area (Å²) in [5.74, 6) is 0. The van der Waals surface area contributed by atoms with E-state index in [0.717, 1.165) is 24.2 Å². The predicted molar refractivity (Wildman–Crippen MR) is 132 cm³/mol. The van der Waals surface area contributed by atoms with Gasteiger partial charge in [-0.2, -0.15) is 0 Å². The van der Waals surface area contributed by atoms with Crippen molar-refractivity contribution in [1.29, 1.82) is 0 Å². The fraction of sp³-hybridized carbons (Fsp3) is 0.200. The van der Waals surface area contributed by atoms with Gasteiger partial charge in [-0.05, 0) is 79.8 Å². The van der Waals surface area contributed by atoms with Crippen LogP contribution < -0.4 is 4.90 Å². The molecule has 2 aliphatic rings. The van der Waals surface area contributed by atoms with Gasteiger partial charge < -0.3 is 9.64 Å². The van der Waals surface area contributed by atoms with E-state index in [-0.39, 0.29) is 11.2 Å². The lowest BCUT2D eigenvalue weighted by Crippen LogP contribution is -2.18. The number of anilines is 3. The summed E-state index contributed by atoms with van der Waals surface area (Å²) in [6.07, 6.45) is 2.18. The first-order valence-electron chi connectivity index (χ1n) is 11.4. The van der Waals surface area contributed by atoms with Crippen molar-refractivity contribution in [3.05, 3.63) is 114 Å². The van der Waals surface area contributed by atoms with Crippen molar-refractivity contribution in [2.24, 2.45) is 0 Å². The standard InChI is InChI=1S/C30H27NO/c1-29-19-20-30(2,32-29)27-21-22(17-18-26(27)29)25-15-9-10-16-28(25)31(23-11-5-3-6-12-23)24-13-7-4-8-14-24/h3-18,21H,19-20H2,1-2H3. The maximum Gasteiger partial charge on any atom is 0.0920 e. The molecular weight excluding hydrogens is 390 g/mol. The van der Waals surface area contributed by atoms with Crippen molar-refractivity contribution in [1.82, 2.24) is 0 Å². The quantitative estimate of drug-likeness (QED) is 0.333. The van der Waals surface area contributed by atoms with Crippen LogP contribution in [0.4, 0.5) is 17.1 Å². The number of fused-ring (bicyclic) bond motifs is 5. The highest BCUT2D eigenvalue weighted by Gasteiger charge is 2.54. The minimum absolute atomic E-state index is 0.137. The molecule has 2 atom stereocenters. The Labute approximate surface area is 190 Å². The van der Waals surface area contributed by atoms with Gasteiger partial charge in [0.15, 0.2) is 0 Å². The third-order valence-corrected chi connectivity index (χ3v) is 7.17. The normalized spacial score (nSPS) is 23.2. The highest BCUT2D eigenvalue weighted by atomic mass is 16.5. The number of para-hydroxylation sites is 3. The van der Waals surface area contributed by atoms with E-state index in [0.29, 0.717) is 0 Å². The third kappa shape index (κ3) is 2.91. The predicted octanol–water partition coefficient (Wildman–Crippen LogP) is 8.08. The Balaban J connectivity index is 1.53.